The highest BCUT2D eigenvalue weighted by Gasteiger charge is 2.13. The maximum absolute atomic E-state index is 10.6. The molecule has 0 saturated carbocycles. The van der Waals surface area contributed by atoms with E-state index in [4.69, 9.17) is 26.1 Å². The van der Waals surface area contributed by atoms with Gasteiger partial charge in [-0.1, -0.05) is 43.1 Å². The topological polar surface area (TPSA) is 172 Å². The quantitative estimate of drug-likeness (QED) is 0.158. The Labute approximate surface area is 195 Å². The second-order valence-corrected chi connectivity index (χ2v) is 8.30. The van der Waals surface area contributed by atoms with E-state index in [0.29, 0.717) is 18.9 Å². The lowest BCUT2D eigenvalue weighted by atomic mass is 10.0. The number of hydrogen-bond acceptors (Lipinski definition) is 6. The number of azide groups is 2. The SMILES string of the molecule is C.CCC(CN=[N+]=[N-])Cc1cccs1.O=CO.[N-]=[N+]=NCC(CC(=O)O)Cc1cccs1. The lowest BCUT2D eigenvalue weighted by molar-refractivity contribution is -0.138. The monoisotopic (exact) mass is 482 g/mol. The predicted molar refractivity (Wildman–Crippen MR) is 129 cm³/mol. The molecule has 0 aliphatic carbocycles. The van der Waals surface area contributed by atoms with Crippen LogP contribution in [0.3, 0.4) is 0 Å². The summed E-state index contributed by atoms with van der Waals surface area (Å²) < 4.78 is 0. The molecule has 0 aliphatic rings. The summed E-state index contributed by atoms with van der Waals surface area (Å²) >= 11 is 3.35. The van der Waals surface area contributed by atoms with Crippen LogP contribution >= 0.6 is 22.7 Å². The van der Waals surface area contributed by atoms with Gasteiger partial charge in [-0.3, -0.25) is 9.59 Å². The summed E-state index contributed by atoms with van der Waals surface area (Å²) in [5, 5.41) is 26.6. The normalized spacial score (nSPS) is 10.8. The first-order valence-electron chi connectivity index (χ1n) is 9.36. The van der Waals surface area contributed by atoms with E-state index in [-0.39, 0.29) is 32.8 Å². The van der Waals surface area contributed by atoms with Crippen LogP contribution in [-0.2, 0) is 22.4 Å². The minimum Gasteiger partial charge on any atom is -0.483 e. The number of aliphatic carboxylic acids is 1. The zero-order chi connectivity index (χ0) is 23.3. The minimum atomic E-state index is -0.857. The molecule has 12 heteroatoms. The van der Waals surface area contributed by atoms with Gasteiger partial charge in [0.2, 0.25) is 0 Å². The third-order valence-electron chi connectivity index (χ3n) is 3.99. The molecule has 2 rings (SSSR count). The zero-order valence-electron chi connectivity index (χ0n) is 17.1. The van der Waals surface area contributed by atoms with Crippen molar-refractivity contribution < 1.29 is 19.8 Å². The molecule has 2 N–H and O–H groups in total. The number of thiophene rings is 2. The van der Waals surface area contributed by atoms with Crippen molar-refractivity contribution in [1.29, 1.82) is 0 Å². The van der Waals surface area contributed by atoms with E-state index in [1.165, 1.54) is 4.88 Å². The molecule has 0 fully saturated rings. The van der Waals surface area contributed by atoms with Crippen LogP contribution in [0.1, 0.15) is 36.9 Å². The molecule has 2 atom stereocenters. The molecule has 0 amide bonds. The molecule has 176 valence electrons. The lowest BCUT2D eigenvalue weighted by Gasteiger charge is -2.09. The van der Waals surface area contributed by atoms with E-state index in [1.807, 2.05) is 17.5 Å². The van der Waals surface area contributed by atoms with Crippen molar-refractivity contribution in [3.8, 4) is 0 Å². The summed E-state index contributed by atoms with van der Waals surface area (Å²) in [6.45, 7) is 2.73. The second-order valence-electron chi connectivity index (χ2n) is 6.24. The molecule has 0 bridgehead atoms. The minimum absolute atomic E-state index is 0. The number of hydrogen-bond donors (Lipinski definition) is 2. The molecule has 2 unspecified atom stereocenters. The van der Waals surface area contributed by atoms with Gasteiger partial charge in [0.15, 0.2) is 0 Å². The van der Waals surface area contributed by atoms with Crippen LogP contribution in [0, 0.1) is 11.8 Å². The van der Waals surface area contributed by atoms with Gasteiger partial charge < -0.3 is 10.2 Å². The van der Waals surface area contributed by atoms with Crippen LogP contribution in [0.5, 0.6) is 0 Å². The van der Waals surface area contributed by atoms with E-state index in [0.717, 1.165) is 17.7 Å². The predicted octanol–water partition coefficient (Wildman–Crippen LogP) is 6.66. The second kappa shape index (κ2) is 21.2. The van der Waals surface area contributed by atoms with Crippen LogP contribution < -0.4 is 0 Å². The Hall–Kier alpha value is -3.04. The van der Waals surface area contributed by atoms with E-state index < -0.39 is 5.97 Å². The highest BCUT2D eigenvalue weighted by Crippen LogP contribution is 2.18. The summed E-state index contributed by atoms with van der Waals surface area (Å²) in [4.78, 5) is 26.9. The van der Waals surface area contributed by atoms with Crippen molar-refractivity contribution >= 4 is 35.1 Å². The number of carboxylic acid groups (broad SMARTS) is 2. The molecule has 2 aromatic heterocycles. The van der Waals surface area contributed by atoms with Gasteiger partial charge in [0.1, 0.15) is 0 Å². The molecule has 0 saturated heterocycles. The van der Waals surface area contributed by atoms with Crippen molar-refractivity contribution in [2.75, 3.05) is 13.1 Å². The number of carbonyl (C=O) groups is 2. The van der Waals surface area contributed by atoms with Crippen molar-refractivity contribution in [3.63, 3.8) is 0 Å². The Kier molecular flexibility index (Phi) is 20.6. The summed E-state index contributed by atoms with van der Waals surface area (Å²) in [6.07, 6.45) is 2.80. The van der Waals surface area contributed by atoms with Gasteiger partial charge in [-0.05, 0) is 58.6 Å². The van der Waals surface area contributed by atoms with Crippen LogP contribution in [0.25, 0.3) is 20.9 Å². The summed E-state index contributed by atoms with van der Waals surface area (Å²) in [5.74, 6) is -0.476. The average molecular weight is 483 g/mol. The van der Waals surface area contributed by atoms with E-state index in [9.17, 15) is 4.79 Å². The fourth-order valence-corrected chi connectivity index (χ4v) is 4.16. The van der Waals surface area contributed by atoms with Crippen molar-refractivity contribution in [2.24, 2.45) is 22.1 Å². The molecule has 0 radical (unpaired) electrons. The summed E-state index contributed by atoms with van der Waals surface area (Å²) in [7, 11) is 0. The zero-order valence-corrected chi connectivity index (χ0v) is 18.8. The molecule has 2 heterocycles. The molecular weight excluding hydrogens is 452 g/mol. The van der Waals surface area contributed by atoms with E-state index >= 15 is 0 Å². The smallest absolute Gasteiger partial charge is 0.303 e. The van der Waals surface area contributed by atoms with Crippen LogP contribution in [0.4, 0.5) is 0 Å². The molecule has 10 nitrogen and oxygen atoms in total. The average Bonchev–Trinajstić information content (AvgIpc) is 3.44. The van der Waals surface area contributed by atoms with Crippen LogP contribution in [0.2, 0.25) is 0 Å². The van der Waals surface area contributed by atoms with E-state index in [2.05, 4.69) is 44.5 Å². The molecule has 0 aliphatic heterocycles. The Morgan fingerprint density at radius 1 is 1.06 bits per heavy atom. The van der Waals surface area contributed by atoms with Crippen molar-refractivity contribution in [1.82, 2.24) is 0 Å². The molecule has 2 aromatic rings. The van der Waals surface area contributed by atoms with Gasteiger partial charge in [-0.2, -0.15) is 0 Å². The Morgan fingerprint density at radius 2 is 1.50 bits per heavy atom. The third-order valence-corrected chi connectivity index (χ3v) is 5.78. The van der Waals surface area contributed by atoms with E-state index in [1.54, 1.807) is 22.7 Å². The highest BCUT2D eigenvalue weighted by atomic mass is 32.1. The fourth-order valence-electron chi connectivity index (χ4n) is 2.52. The van der Waals surface area contributed by atoms with Crippen LogP contribution in [0.15, 0.2) is 45.3 Å². The number of nitrogens with zero attached hydrogens (tertiary/aromatic N) is 6. The van der Waals surface area contributed by atoms with Gasteiger partial charge in [-0.25, -0.2) is 0 Å². The molecule has 0 aromatic carbocycles. The summed E-state index contributed by atoms with van der Waals surface area (Å²) in [5.41, 5.74) is 16.4. The molecule has 0 spiro atoms. The van der Waals surface area contributed by atoms with Crippen molar-refractivity contribution in [3.05, 3.63) is 65.7 Å². The lowest BCUT2D eigenvalue weighted by Crippen LogP contribution is -2.13. The Balaban J connectivity index is 0. The van der Waals surface area contributed by atoms with Gasteiger partial charge >= 0.3 is 5.97 Å². The highest BCUT2D eigenvalue weighted by molar-refractivity contribution is 7.10. The first-order valence-corrected chi connectivity index (χ1v) is 11.1. The third kappa shape index (κ3) is 16.7. The Bertz CT molecular complexity index is 813. The molecule has 32 heavy (non-hydrogen) atoms. The maximum Gasteiger partial charge on any atom is 0.303 e. The number of carboxylic acids is 1. The van der Waals surface area contributed by atoms with Crippen molar-refractivity contribution in [2.45, 2.75) is 40.0 Å². The van der Waals surface area contributed by atoms with Gasteiger partial charge in [0.25, 0.3) is 6.47 Å². The first-order chi connectivity index (χ1) is 15.0. The number of rotatable bonds is 11. The van der Waals surface area contributed by atoms with Crippen LogP contribution in [-0.4, -0.2) is 35.7 Å². The fraction of sp³-hybridized carbons (Fsp3) is 0.500. The summed E-state index contributed by atoms with van der Waals surface area (Å²) in [6, 6.07) is 8.06. The standard InChI is InChI=1S/C9H11N3O2S.C9H13N3S.CH2O2.CH4/c10-12-11-6-7(5-9(13)14)4-8-2-1-3-15-8;1-2-8(7-11-12-10)6-9-4-3-5-13-9;2-1-3;/h1-3,7H,4-6H2,(H,13,14);3-5,8H,2,6-7H2,1H3;1H,(H,2,3);1H4. The van der Waals surface area contributed by atoms with Gasteiger partial charge in [0.05, 0.1) is 0 Å². The molecular formula is C20H30N6O4S2. The van der Waals surface area contributed by atoms with Gasteiger partial charge in [0, 0.05) is 39.1 Å². The maximum atomic E-state index is 10.6. The Morgan fingerprint density at radius 3 is 1.84 bits per heavy atom. The largest absolute Gasteiger partial charge is 0.483 e. The van der Waals surface area contributed by atoms with Gasteiger partial charge in [-0.15, -0.1) is 22.7 Å². The first kappa shape index (κ1) is 31.1.